The van der Waals surface area contributed by atoms with E-state index in [9.17, 15) is 4.79 Å². The molecule has 1 fully saturated rings. The molecule has 3 nitrogen and oxygen atoms in total. The molecule has 0 aromatic heterocycles. The minimum absolute atomic E-state index is 0.0681. The van der Waals surface area contributed by atoms with Crippen molar-refractivity contribution in [3.63, 3.8) is 0 Å². The Kier molecular flexibility index (Phi) is 14.7. The van der Waals surface area contributed by atoms with Crippen molar-refractivity contribution < 1.29 is 4.79 Å². The molecule has 2 rings (SSSR count). The molecule has 1 atom stereocenters. The highest BCUT2D eigenvalue weighted by Gasteiger charge is 2.12. The molecule has 0 spiro atoms. The van der Waals surface area contributed by atoms with Crippen LogP contribution in [0.3, 0.4) is 0 Å². The summed E-state index contributed by atoms with van der Waals surface area (Å²) in [6, 6.07) is 8.83. The number of hydrogen-bond donors (Lipinski definition) is 3. The van der Waals surface area contributed by atoms with Gasteiger partial charge in [0.25, 0.3) is 0 Å². The maximum atomic E-state index is 12.4. The molecule has 1 unspecified atom stereocenters. The summed E-state index contributed by atoms with van der Waals surface area (Å²) < 4.78 is 0. The summed E-state index contributed by atoms with van der Waals surface area (Å²) in [6.45, 7) is 2.23. The van der Waals surface area contributed by atoms with Gasteiger partial charge in [0.2, 0.25) is 5.91 Å². The van der Waals surface area contributed by atoms with Crippen molar-refractivity contribution in [3.05, 3.63) is 24.3 Å². The Balaban J connectivity index is 1.72. The molecule has 4 heteroatoms. The Morgan fingerprint density at radius 1 is 0.844 bits per heavy atom. The summed E-state index contributed by atoms with van der Waals surface area (Å²) in [5.41, 5.74) is 2.04. The van der Waals surface area contributed by atoms with E-state index in [1.54, 1.807) is 0 Å². The topological polar surface area (TPSA) is 41.1 Å². The molecule has 1 amide bonds. The summed E-state index contributed by atoms with van der Waals surface area (Å²) in [7, 11) is 0. The van der Waals surface area contributed by atoms with Gasteiger partial charge in [0, 0.05) is 29.1 Å². The van der Waals surface area contributed by atoms with Crippen LogP contribution in [-0.2, 0) is 4.79 Å². The number of hydrogen-bond acceptors (Lipinski definition) is 3. The first-order chi connectivity index (χ1) is 15.7. The Bertz CT molecular complexity index is 592. The fourth-order valence-corrected chi connectivity index (χ4v) is 5.05. The number of benzene rings is 1. The molecule has 182 valence electrons. The molecule has 0 aliphatic heterocycles. The number of carbonyl (C=O) groups excluding carboxylic acids is 1. The fourth-order valence-electron chi connectivity index (χ4n) is 4.70. The Hall–Kier alpha value is -1.16. The molecule has 1 aliphatic rings. The molecule has 1 aliphatic carbocycles. The summed E-state index contributed by atoms with van der Waals surface area (Å²) in [5.74, 6) is 0.0681. The molecular formula is C28H48N2OS. The summed E-state index contributed by atoms with van der Waals surface area (Å²) in [5, 5.41) is 6.95. The van der Waals surface area contributed by atoms with E-state index in [-0.39, 0.29) is 11.2 Å². The van der Waals surface area contributed by atoms with Crippen molar-refractivity contribution in [1.29, 1.82) is 0 Å². The quantitative estimate of drug-likeness (QED) is 0.228. The molecule has 0 saturated heterocycles. The molecule has 2 N–H and O–H groups in total. The van der Waals surface area contributed by atoms with Crippen LogP contribution in [-0.4, -0.2) is 17.2 Å². The lowest BCUT2D eigenvalue weighted by Crippen LogP contribution is -2.20. The molecule has 1 aromatic rings. The number of unbranched alkanes of at least 4 members (excludes halogenated alkanes) is 4. The molecule has 0 radical (unpaired) electrons. The van der Waals surface area contributed by atoms with Crippen LogP contribution in [0.4, 0.5) is 11.4 Å². The number of carbonyl (C=O) groups is 1. The third-order valence-corrected chi connectivity index (χ3v) is 7.15. The average molecular weight is 461 g/mol. The summed E-state index contributed by atoms with van der Waals surface area (Å²) in [4.78, 5) is 12.4. The molecular weight excluding hydrogens is 412 g/mol. The van der Waals surface area contributed by atoms with Crippen LogP contribution >= 0.6 is 12.6 Å². The summed E-state index contributed by atoms with van der Waals surface area (Å²) in [6.07, 6.45) is 22.8. The van der Waals surface area contributed by atoms with E-state index in [1.165, 1.54) is 108 Å². The average Bonchev–Trinajstić information content (AvgIpc) is 2.76. The number of anilines is 2. The van der Waals surface area contributed by atoms with Crippen LogP contribution in [0, 0.1) is 0 Å². The number of amides is 1. The highest BCUT2D eigenvalue weighted by atomic mass is 32.1. The minimum atomic E-state index is 0.0681. The zero-order chi connectivity index (χ0) is 22.9. The zero-order valence-corrected chi connectivity index (χ0v) is 21.4. The van der Waals surface area contributed by atoms with E-state index < -0.39 is 0 Å². The van der Waals surface area contributed by atoms with Gasteiger partial charge in [-0.05, 0) is 43.5 Å². The van der Waals surface area contributed by atoms with Crippen molar-refractivity contribution in [2.45, 2.75) is 134 Å². The lowest BCUT2D eigenvalue weighted by molar-refractivity contribution is -0.116. The largest absolute Gasteiger partial charge is 0.382 e. The number of nitrogens with one attached hydrogen (secondary N) is 2. The zero-order valence-electron chi connectivity index (χ0n) is 20.5. The maximum Gasteiger partial charge on any atom is 0.225 e. The SMILES string of the molecule is CCCCCCCC(S)CC(=O)Nc1ccc(NC2CCCCCCCCCCC2)cc1. The maximum absolute atomic E-state index is 12.4. The number of rotatable bonds is 11. The van der Waals surface area contributed by atoms with E-state index in [2.05, 4.69) is 42.3 Å². The van der Waals surface area contributed by atoms with Gasteiger partial charge in [-0.1, -0.05) is 96.8 Å². The highest BCUT2D eigenvalue weighted by molar-refractivity contribution is 7.81. The van der Waals surface area contributed by atoms with Crippen LogP contribution in [0.15, 0.2) is 24.3 Å². The first-order valence-corrected chi connectivity index (χ1v) is 14.0. The predicted molar refractivity (Wildman–Crippen MR) is 144 cm³/mol. The monoisotopic (exact) mass is 460 g/mol. The van der Waals surface area contributed by atoms with E-state index in [0.717, 1.165) is 12.1 Å². The van der Waals surface area contributed by atoms with Crippen molar-refractivity contribution in [2.75, 3.05) is 10.6 Å². The first kappa shape index (κ1) is 27.1. The smallest absolute Gasteiger partial charge is 0.225 e. The van der Waals surface area contributed by atoms with Gasteiger partial charge in [0.15, 0.2) is 0 Å². The van der Waals surface area contributed by atoms with Crippen molar-refractivity contribution in [2.24, 2.45) is 0 Å². The van der Waals surface area contributed by atoms with Gasteiger partial charge >= 0.3 is 0 Å². The lowest BCUT2D eigenvalue weighted by Gasteiger charge is -2.21. The van der Waals surface area contributed by atoms with Crippen molar-refractivity contribution >= 4 is 29.9 Å². The van der Waals surface area contributed by atoms with E-state index in [0.29, 0.717) is 12.5 Å². The van der Waals surface area contributed by atoms with E-state index in [1.807, 2.05) is 12.1 Å². The standard InChI is InChI=1S/C28H48N2OS/c1-2-3-4-10-15-18-27(32)23-28(31)30-26-21-19-25(20-22-26)29-24-16-13-11-8-6-5-7-9-12-14-17-24/h19-22,24,27,29,32H,2-18,23H2,1H3,(H,30,31). The van der Waals surface area contributed by atoms with E-state index in [4.69, 9.17) is 0 Å². The summed E-state index contributed by atoms with van der Waals surface area (Å²) >= 11 is 4.62. The molecule has 1 aromatic carbocycles. The Morgan fingerprint density at radius 3 is 1.97 bits per heavy atom. The van der Waals surface area contributed by atoms with Gasteiger partial charge in [-0.25, -0.2) is 0 Å². The van der Waals surface area contributed by atoms with Crippen LogP contribution in [0.2, 0.25) is 0 Å². The van der Waals surface area contributed by atoms with Crippen LogP contribution in [0.1, 0.15) is 122 Å². The van der Waals surface area contributed by atoms with Gasteiger partial charge in [0.1, 0.15) is 0 Å². The normalized spacial score (nSPS) is 17.7. The predicted octanol–water partition coefficient (Wildman–Crippen LogP) is 8.76. The second kappa shape index (κ2) is 17.3. The molecule has 0 bridgehead atoms. The van der Waals surface area contributed by atoms with E-state index >= 15 is 0 Å². The molecule has 1 saturated carbocycles. The van der Waals surface area contributed by atoms with Crippen LogP contribution in [0.5, 0.6) is 0 Å². The third kappa shape index (κ3) is 12.8. The lowest BCUT2D eigenvalue weighted by atomic mass is 9.98. The van der Waals surface area contributed by atoms with Gasteiger partial charge in [-0.3, -0.25) is 4.79 Å². The third-order valence-electron chi connectivity index (χ3n) is 6.71. The van der Waals surface area contributed by atoms with Gasteiger partial charge < -0.3 is 10.6 Å². The Morgan fingerprint density at radius 2 is 1.38 bits per heavy atom. The van der Waals surface area contributed by atoms with Crippen LogP contribution < -0.4 is 10.6 Å². The second-order valence-corrected chi connectivity index (χ2v) is 10.5. The highest BCUT2D eigenvalue weighted by Crippen LogP contribution is 2.22. The van der Waals surface area contributed by atoms with Crippen molar-refractivity contribution in [1.82, 2.24) is 0 Å². The number of thiol groups is 1. The second-order valence-electron chi connectivity index (χ2n) is 9.79. The van der Waals surface area contributed by atoms with Crippen molar-refractivity contribution in [3.8, 4) is 0 Å². The first-order valence-electron chi connectivity index (χ1n) is 13.5. The van der Waals surface area contributed by atoms with Gasteiger partial charge in [-0.15, -0.1) is 0 Å². The van der Waals surface area contributed by atoms with Crippen LogP contribution in [0.25, 0.3) is 0 Å². The Labute approximate surface area is 203 Å². The van der Waals surface area contributed by atoms with Gasteiger partial charge in [-0.2, -0.15) is 12.6 Å². The molecule has 32 heavy (non-hydrogen) atoms. The van der Waals surface area contributed by atoms with Gasteiger partial charge in [0.05, 0.1) is 0 Å². The molecule has 0 heterocycles. The fraction of sp³-hybridized carbons (Fsp3) is 0.750. The minimum Gasteiger partial charge on any atom is -0.382 e.